The molecule has 0 aliphatic rings. The second-order valence-corrected chi connectivity index (χ2v) is 6.03. The van der Waals surface area contributed by atoms with Crippen LogP contribution < -0.4 is 0 Å². The van der Waals surface area contributed by atoms with Gasteiger partial charge in [-0.3, -0.25) is 25.0 Å². The van der Waals surface area contributed by atoms with E-state index in [0.717, 1.165) is 32.1 Å². The van der Waals surface area contributed by atoms with Crippen LogP contribution in [0, 0.1) is 20.2 Å². The minimum Gasteiger partial charge on any atom is -0.291 e. The average Bonchev–Trinajstić information content (AvgIpc) is 2.63. The van der Waals surface area contributed by atoms with Gasteiger partial charge >= 0.3 is 0 Å². The zero-order valence-corrected chi connectivity index (χ0v) is 16.0. The number of allylic oxidation sites excluding steroid dienone is 6. The van der Waals surface area contributed by atoms with Crippen LogP contribution in [0.1, 0.15) is 71.1 Å². The molecule has 0 aliphatic heterocycles. The number of hydrogen-bond donors (Lipinski definition) is 0. The van der Waals surface area contributed by atoms with E-state index < -0.39 is 9.85 Å². The summed E-state index contributed by atoms with van der Waals surface area (Å²) >= 11 is 0. The first kappa shape index (κ1) is 24.4. The topological polar surface area (TPSA) is 103 Å². The normalized spacial score (nSPS) is 12.8. The van der Waals surface area contributed by atoms with Gasteiger partial charge in [-0.1, -0.05) is 44.1 Å². The predicted octanol–water partition coefficient (Wildman–Crippen LogP) is 5.45. The molecular weight excluding hydrogens is 348 g/mol. The number of nitro groups is 2. The molecule has 0 saturated carbocycles. The van der Waals surface area contributed by atoms with Gasteiger partial charge in [-0.2, -0.15) is 0 Å². The highest BCUT2D eigenvalue weighted by Gasteiger charge is 2.20. The average molecular weight is 377 g/mol. The second-order valence-electron chi connectivity index (χ2n) is 6.03. The Morgan fingerprint density at radius 3 is 2.11 bits per heavy atom. The second kappa shape index (κ2) is 16.9. The minimum atomic E-state index is -0.554. The molecule has 0 amide bonds. The van der Waals surface area contributed by atoms with E-state index in [-0.39, 0.29) is 17.8 Å². The maximum Gasteiger partial charge on any atom is 0.253 e. The fraction of sp³-hybridized carbons (Fsp3) is 0.550. The number of rotatable bonds is 16. The van der Waals surface area contributed by atoms with Crippen LogP contribution in [0.3, 0.4) is 0 Å². The van der Waals surface area contributed by atoms with Crippen molar-refractivity contribution in [2.45, 2.75) is 71.1 Å². The zero-order valence-electron chi connectivity index (χ0n) is 16.0. The van der Waals surface area contributed by atoms with E-state index in [9.17, 15) is 25.0 Å². The molecule has 0 spiro atoms. The van der Waals surface area contributed by atoms with E-state index in [2.05, 4.69) is 0 Å². The fourth-order valence-electron chi connectivity index (χ4n) is 2.25. The minimum absolute atomic E-state index is 0.117. The van der Waals surface area contributed by atoms with Crippen LogP contribution in [0.5, 0.6) is 0 Å². The lowest BCUT2D eigenvalue weighted by Crippen LogP contribution is -2.06. The van der Waals surface area contributed by atoms with Gasteiger partial charge in [0.25, 0.3) is 11.4 Å². The lowest BCUT2D eigenvalue weighted by atomic mass is 10.1. The molecule has 0 N–H and O–H groups in total. The van der Waals surface area contributed by atoms with Crippen LogP contribution >= 0.6 is 0 Å². The highest BCUT2D eigenvalue weighted by molar-refractivity contribution is 5.50. The number of carbonyl (C=O) groups excluding carboxylic acids is 1. The van der Waals surface area contributed by atoms with Gasteiger partial charge < -0.3 is 0 Å². The van der Waals surface area contributed by atoms with Gasteiger partial charge in [0, 0.05) is 6.42 Å². The number of hydrogen-bond acceptors (Lipinski definition) is 5. The zero-order chi connectivity index (χ0) is 20.3. The molecule has 0 aromatic heterocycles. The fourth-order valence-corrected chi connectivity index (χ4v) is 2.25. The van der Waals surface area contributed by atoms with Crippen molar-refractivity contribution >= 4 is 6.29 Å². The van der Waals surface area contributed by atoms with Gasteiger partial charge in [-0.25, -0.2) is 0 Å². The van der Waals surface area contributed by atoms with Crippen LogP contribution in [0.4, 0.5) is 0 Å². The molecule has 0 aliphatic carbocycles. The summed E-state index contributed by atoms with van der Waals surface area (Å²) in [6.45, 7) is 2.04. The van der Waals surface area contributed by atoms with Gasteiger partial charge in [-0.05, 0) is 50.7 Å². The summed E-state index contributed by atoms with van der Waals surface area (Å²) in [5, 5.41) is 22.3. The highest BCUT2D eigenvalue weighted by Crippen LogP contribution is 2.15. The van der Waals surface area contributed by atoms with E-state index in [4.69, 9.17) is 0 Å². The van der Waals surface area contributed by atoms with Gasteiger partial charge in [0.15, 0.2) is 6.29 Å². The third-order valence-corrected chi connectivity index (χ3v) is 3.76. The molecule has 149 valence electrons. The van der Waals surface area contributed by atoms with Crippen molar-refractivity contribution in [1.29, 1.82) is 0 Å². The smallest absolute Gasteiger partial charge is 0.253 e. The Morgan fingerprint density at radius 2 is 1.48 bits per heavy atom. The molecule has 0 heterocycles. The Labute approximate surface area is 160 Å². The summed E-state index contributed by atoms with van der Waals surface area (Å²) in [5.41, 5.74) is -0.271. The number of unbranched alkanes of at least 4 members (excludes halogenated alkanes) is 5. The molecule has 7 nitrogen and oxygen atoms in total. The van der Waals surface area contributed by atoms with Crippen LogP contribution in [-0.4, -0.2) is 16.1 Å². The molecule has 0 fully saturated rings. The van der Waals surface area contributed by atoms with E-state index in [0.29, 0.717) is 25.7 Å². The van der Waals surface area contributed by atoms with Crippen molar-refractivity contribution in [1.82, 2.24) is 0 Å². The number of nitrogens with zero attached hydrogens (tertiary/aromatic N) is 2. The Bertz CT molecular complexity index is 577. The first-order valence-electron chi connectivity index (χ1n) is 9.34. The quantitative estimate of drug-likeness (QED) is 0.154. The van der Waals surface area contributed by atoms with Crippen molar-refractivity contribution in [2.24, 2.45) is 0 Å². The molecule has 0 rings (SSSR count). The van der Waals surface area contributed by atoms with Crippen molar-refractivity contribution < 1.29 is 14.6 Å². The summed E-state index contributed by atoms with van der Waals surface area (Å²) in [7, 11) is 0. The van der Waals surface area contributed by atoms with E-state index in [1.807, 2.05) is 31.4 Å². The van der Waals surface area contributed by atoms with Crippen molar-refractivity contribution in [3.8, 4) is 0 Å². The first-order chi connectivity index (χ1) is 13.0. The Kier molecular flexibility index (Phi) is 15.3. The van der Waals surface area contributed by atoms with E-state index in [1.165, 1.54) is 12.2 Å². The SMILES string of the molecule is CCCCC/C=C(/C/C(=C/C/C=C/C/C=C/CCC[C]=O)[N+](=O)[O-])[N+](=O)[O-]. The molecule has 1 radical (unpaired) electrons. The lowest BCUT2D eigenvalue weighted by molar-refractivity contribution is -0.450. The van der Waals surface area contributed by atoms with Crippen molar-refractivity contribution in [3.05, 3.63) is 68.1 Å². The van der Waals surface area contributed by atoms with Gasteiger partial charge in [-0.15, -0.1) is 0 Å². The highest BCUT2D eigenvalue weighted by atomic mass is 16.6. The lowest BCUT2D eigenvalue weighted by Gasteiger charge is -1.99. The summed E-state index contributed by atoms with van der Waals surface area (Å²) < 4.78 is 0. The summed E-state index contributed by atoms with van der Waals surface area (Å²) in [6.07, 6.45) is 18.6. The van der Waals surface area contributed by atoms with Crippen LogP contribution in [0.15, 0.2) is 47.9 Å². The van der Waals surface area contributed by atoms with Gasteiger partial charge in [0.1, 0.15) is 6.42 Å². The molecule has 0 unspecified atom stereocenters. The van der Waals surface area contributed by atoms with E-state index >= 15 is 0 Å². The summed E-state index contributed by atoms with van der Waals surface area (Å²) in [5.74, 6) is 0. The molecule has 0 saturated heterocycles. The van der Waals surface area contributed by atoms with Crippen LogP contribution in [0.2, 0.25) is 0 Å². The third-order valence-electron chi connectivity index (χ3n) is 3.76. The third kappa shape index (κ3) is 14.3. The van der Waals surface area contributed by atoms with Crippen LogP contribution in [-0.2, 0) is 4.79 Å². The largest absolute Gasteiger partial charge is 0.291 e. The van der Waals surface area contributed by atoms with Crippen molar-refractivity contribution in [2.75, 3.05) is 0 Å². The van der Waals surface area contributed by atoms with Gasteiger partial charge in [0.2, 0.25) is 0 Å². The molecule has 0 atom stereocenters. The standard InChI is InChI=1S/C20H29N2O5/c1-2-3-4-12-15-19(21(24)25)18-20(22(26)27)16-13-10-8-6-5-7-9-11-14-17-23/h5,7-8,10,15-16H,2-4,6,9,11-14,18H2,1H3/b7-5+,10-8+,19-15-,20-16-. The van der Waals surface area contributed by atoms with E-state index in [1.54, 1.807) is 6.08 Å². The first-order valence-corrected chi connectivity index (χ1v) is 9.34. The molecule has 0 aromatic rings. The maximum atomic E-state index is 11.2. The Balaban J connectivity index is 4.54. The van der Waals surface area contributed by atoms with Crippen LogP contribution in [0.25, 0.3) is 0 Å². The summed E-state index contributed by atoms with van der Waals surface area (Å²) in [6, 6.07) is 0. The molecule has 0 aromatic carbocycles. The molecule has 27 heavy (non-hydrogen) atoms. The Morgan fingerprint density at radius 1 is 0.852 bits per heavy atom. The molecular formula is C20H29N2O5. The summed E-state index contributed by atoms with van der Waals surface area (Å²) in [4.78, 5) is 31.2. The predicted molar refractivity (Wildman–Crippen MR) is 106 cm³/mol. The van der Waals surface area contributed by atoms with Gasteiger partial charge in [0.05, 0.1) is 9.85 Å². The van der Waals surface area contributed by atoms with Crippen molar-refractivity contribution in [3.63, 3.8) is 0 Å². The molecule has 7 heteroatoms. The monoisotopic (exact) mass is 377 g/mol. The maximum absolute atomic E-state index is 11.2. The molecule has 0 bridgehead atoms. The Hall–Kier alpha value is -2.57.